The van der Waals surface area contributed by atoms with Crippen molar-refractivity contribution in [3.63, 3.8) is 0 Å². The molecular weight excluding hydrogens is 690 g/mol. The third-order valence-corrected chi connectivity index (χ3v) is 4.95. The van der Waals surface area contributed by atoms with Gasteiger partial charge in [-0.05, 0) is 48.5 Å². The van der Waals surface area contributed by atoms with Crippen LogP contribution in [0, 0.1) is 0 Å². The Balaban J connectivity index is 0.00000122. The normalized spacial score (nSPS) is 9.21. The molecule has 0 fully saturated rings. The number of hydrogen-bond donors (Lipinski definition) is 4. The third kappa shape index (κ3) is 9.93. The number of carboxylic acid groups (broad SMARTS) is 4. The van der Waals surface area contributed by atoms with Crippen LogP contribution in [-0.4, -0.2) is 74.6 Å². The van der Waals surface area contributed by atoms with E-state index in [2.05, 4.69) is 44.4 Å². The second kappa shape index (κ2) is 16.8. The van der Waals surface area contributed by atoms with Crippen LogP contribution >= 0.6 is 24.4 Å². The predicted octanol–water partition coefficient (Wildman–Crippen LogP) is 4.38. The molecule has 0 aromatic carbocycles. The van der Waals surface area contributed by atoms with Crippen LogP contribution in [0.4, 0.5) is 0 Å². The average Bonchev–Trinajstić information content (AvgIpc) is 2.97. The molecule has 0 atom stereocenters. The topological polar surface area (TPSA) is 245 Å². The molecule has 0 aliphatic carbocycles. The van der Waals surface area contributed by atoms with Gasteiger partial charge in [0.25, 0.3) is 0 Å². The van der Waals surface area contributed by atoms with Crippen LogP contribution in [0.1, 0.15) is 41.4 Å². The number of rotatable bonds is 7. The smallest absolute Gasteiger partial charge is 0.753 e. The molecule has 0 saturated heterocycles. The standard InChI is InChI=1S/C24H14N4O8.2CNS.Ru/c29-21(30)11-1-3-25-15(5-11)17-7-13(23(33)34)9-19(27-17)20-10-14(24(35)36)8-18(28-20)16-6-12(22(31)32)2-4-26-16;2*2-1-3;/h1-10H,(H,29,30)(H,31,32)(H,33,34)(H,35,36);;;/q;2*-1;+2. The number of carboxylic acids is 4. The minimum absolute atomic E-state index is 0. The first-order chi connectivity index (χ1) is 19.9. The van der Waals surface area contributed by atoms with Gasteiger partial charge in [0.15, 0.2) is 0 Å². The molecule has 216 valence electrons. The molecule has 0 saturated carbocycles. The van der Waals surface area contributed by atoms with Crippen molar-refractivity contribution in [3.05, 3.63) is 94.0 Å². The number of thiocarbonyl (C=S) groups is 2. The first kappa shape index (κ1) is 35.7. The van der Waals surface area contributed by atoms with Crippen LogP contribution in [0.5, 0.6) is 0 Å². The summed E-state index contributed by atoms with van der Waals surface area (Å²) < 4.78 is 0. The molecule has 4 N–H and O–H groups in total. The van der Waals surface area contributed by atoms with Gasteiger partial charge in [0.1, 0.15) is 0 Å². The summed E-state index contributed by atoms with van der Waals surface area (Å²) in [6, 6.07) is 9.69. The first-order valence-electron chi connectivity index (χ1n) is 10.9. The summed E-state index contributed by atoms with van der Waals surface area (Å²) in [6.07, 6.45) is 2.46. The molecule has 4 aromatic rings. The number of nitrogens with zero attached hydrogens (tertiary/aromatic N) is 6. The van der Waals surface area contributed by atoms with Crippen LogP contribution in [0.3, 0.4) is 0 Å². The van der Waals surface area contributed by atoms with Gasteiger partial charge in [0.2, 0.25) is 0 Å². The maximum Gasteiger partial charge on any atom is 2.00 e. The van der Waals surface area contributed by atoms with Crippen molar-refractivity contribution < 1.29 is 59.1 Å². The van der Waals surface area contributed by atoms with Crippen LogP contribution in [0.25, 0.3) is 45.0 Å². The van der Waals surface area contributed by atoms with E-state index in [1.807, 2.05) is 0 Å². The molecule has 0 aliphatic heterocycles. The van der Waals surface area contributed by atoms with E-state index in [4.69, 9.17) is 10.8 Å². The second-order valence-corrected chi connectivity index (χ2v) is 7.88. The van der Waals surface area contributed by atoms with Gasteiger partial charge in [-0.15, -0.1) is 0 Å². The summed E-state index contributed by atoms with van der Waals surface area (Å²) in [6.45, 7) is 0. The Kier molecular flexibility index (Phi) is 14.0. The Morgan fingerprint density at radius 1 is 0.535 bits per heavy atom. The third-order valence-electron chi connectivity index (χ3n) is 4.95. The number of aromatic nitrogens is 4. The number of carbonyl (C=O) groups is 4. The predicted molar refractivity (Wildman–Crippen MR) is 154 cm³/mol. The number of hydrogen-bond acceptors (Lipinski definition) is 10. The SMILES string of the molecule is O=C(O)c1ccnc(-c2cc(C(=O)O)cc(-c3cc(C(=O)O)cc(-c4cc(C(=O)O)ccn4)n3)n2)c1.[N-]=C=S.[N-]=C=S.[Ru+2]. The fourth-order valence-electron chi connectivity index (χ4n) is 3.24. The summed E-state index contributed by atoms with van der Waals surface area (Å²) >= 11 is 7.40. The molecule has 0 unspecified atom stereocenters. The molecule has 0 aliphatic rings. The van der Waals surface area contributed by atoms with Crippen molar-refractivity contribution >= 4 is 58.6 Å². The Hall–Kier alpha value is -5.30. The van der Waals surface area contributed by atoms with Crippen LogP contribution in [0.2, 0.25) is 0 Å². The fourth-order valence-corrected chi connectivity index (χ4v) is 3.24. The van der Waals surface area contributed by atoms with Crippen LogP contribution < -0.4 is 0 Å². The Labute approximate surface area is 264 Å². The van der Waals surface area contributed by atoms with Gasteiger partial charge in [-0.3, -0.25) is 9.97 Å². The zero-order valence-corrected chi connectivity index (χ0v) is 24.4. The monoisotopic (exact) mass is 704 g/mol. The van der Waals surface area contributed by atoms with Gasteiger partial charge in [0, 0.05) is 12.4 Å². The zero-order chi connectivity index (χ0) is 31.4. The molecule has 0 radical (unpaired) electrons. The summed E-state index contributed by atoms with van der Waals surface area (Å²) in [7, 11) is 0. The summed E-state index contributed by atoms with van der Waals surface area (Å²) in [5, 5.41) is 54.7. The van der Waals surface area contributed by atoms with Crippen molar-refractivity contribution in [2.24, 2.45) is 0 Å². The quantitative estimate of drug-likeness (QED) is 0.119. The van der Waals surface area contributed by atoms with Gasteiger partial charge in [-0.25, -0.2) is 29.1 Å². The Morgan fingerprint density at radius 2 is 0.767 bits per heavy atom. The van der Waals surface area contributed by atoms with E-state index in [1.54, 1.807) is 0 Å². The minimum atomic E-state index is -1.32. The first-order valence-corrected chi connectivity index (χ1v) is 11.7. The van der Waals surface area contributed by atoms with E-state index in [-0.39, 0.29) is 75.9 Å². The van der Waals surface area contributed by atoms with E-state index in [9.17, 15) is 39.6 Å². The molecule has 4 heterocycles. The Bertz CT molecular complexity index is 1650. The average molecular weight is 704 g/mol. The van der Waals surface area contributed by atoms with E-state index < -0.39 is 23.9 Å². The largest absolute Gasteiger partial charge is 2.00 e. The van der Waals surface area contributed by atoms with E-state index >= 15 is 0 Å². The van der Waals surface area contributed by atoms with E-state index in [0.29, 0.717) is 0 Å². The molecule has 0 amide bonds. The van der Waals surface area contributed by atoms with Gasteiger partial charge in [0.05, 0.1) is 56.4 Å². The molecule has 43 heavy (non-hydrogen) atoms. The fraction of sp³-hybridized carbons (Fsp3) is 0. The van der Waals surface area contributed by atoms with Crippen molar-refractivity contribution in [1.82, 2.24) is 19.9 Å². The zero-order valence-electron chi connectivity index (χ0n) is 21.0. The van der Waals surface area contributed by atoms with Gasteiger partial charge in [-0.1, -0.05) is 24.4 Å². The van der Waals surface area contributed by atoms with Crippen molar-refractivity contribution in [2.45, 2.75) is 0 Å². The number of pyridine rings is 4. The summed E-state index contributed by atoms with van der Waals surface area (Å²) in [5.74, 6) is -5.07. The minimum Gasteiger partial charge on any atom is -0.753 e. The molecule has 4 aromatic heterocycles. The number of isothiocyanates is 2. The Morgan fingerprint density at radius 3 is 1.02 bits per heavy atom. The van der Waals surface area contributed by atoms with Crippen molar-refractivity contribution in [3.8, 4) is 34.2 Å². The van der Waals surface area contributed by atoms with Crippen molar-refractivity contribution in [1.29, 1.82) is 0 Å². The van der Waals surface area contributed by atoms with Gasteiger partial charge < -0.3 is 31.2 Å². The van der Waals surface area contributed by atoms with E-state index in [1.165, 1.54) is 71.2 Å². The van der Waals surface area contributed by atoms with E-state index in [0.717, 1.165) is 0 Å². The van der Waals surface area contributed by atoms with Gasteiger partial charge in [-0.2, -0.15) is 10.3 Å². The van der Waals surface area contributed by atoms with Crippen molar-refractivity contribution in [2.75, 3.05) is 0 Å². The maximum absolute atomic E-state index is 11.8. The summed E-state index contributed by atoms with van der Waals surface area (Å²) in [5.41, 5.74) is -0.540. The van der Waals surface area contributed by atoms with Crippen LogP contribution in [-0.2, 0) is 19.5 Å². The summed E-state index contributed by atoms with van der Waals surface area (Å²) in [4.78, 5) is 63.1. The van der Waals surface area contributed by atoms with Gasteiger partial charge >= 0.3 is 43.4 Å². The van der Waals surface area contributed by atoms with Crippen LogP contribution in [0.15, 0.2) is 60.9 Å². The molecule has 17 heteroatoms. The molecular formula is C26H14N6O8RuS2. The number of aromatic carboxylic acids is 4. The molecule has 14 nitrogen and oxygen atoms in total. The molecule has 0 spiro atoms. The molecule has 0 bridgehead atoms. The molecule has 4 rings (SSSR count). The maximum atomic E-state index is 11.8. The second-order valence-electron chi connectivity index (χ2n) is 7.52.